The van der Waals surface area contributed by atoms with E-state index in [1.807, 2.05) is 12.2 Å². The number of carboxylic acids is 1. The zero-order valence-electron chi connectivity index (χ0n) is 16.8. The van der Waals surface area contributed by atoms with E-state index >= 15 is 0 Å². The molecule has 0 amide bonds. The second-order valence-electron chi connectivity index (χ2n) is 7.21. The Morgan fingerprint density at radius 2 is 1.97 bits per heavy atom. The van der Waals surface area contributed by atoms with E-state index in [4.69, 9.17) is 19.3 Å². The normalized spacial score (nSPS) is 14.7. The van der Waals surface area contributed by atoms with Gasteiger partial charge in [-0.15, -0.1) is 0 Å². The zero-order valence-corrected chi connectivity index (χ0v) is 16.8. The lowest BCUT2D eigenvalue weighted by Gasteiger charge is -2.15. The fraction of sp³-hybridized carbons (Fsp3) is 0.545. The van der Waals surface area contributed by atoms with Crippen LogP contribution in [0, 0.1) is 5.92 Å². The molecule has 0 fully saturated rings. The van der Waals surface area contributed by atoms with Crippen LogP contribution in [-0.2, 0) is 9.59 Å². The number of fused-ring (bicyclic) bond motifs is 1. The van der Waals surface area contributed by atoms with Crippen LogP contribution in [0.3, 0.4) is 0 Å². The number of aliphatic hydroxyl groups is 1. The highest BCUT2D eigenvalue weighted by atomic mass is 16.7. The summed E-state index contributed by atoms with van der Waals surface area (Å²) in [7, 11) is 0. The molecule has 0 bridgehead atoms. The van der Waals surface area contributed by atoms with E-state index in [-0.39, 0.29) is 31.5 Å². The maximum atomic E-state index is 11.8. The van der Waals surface area contributed by atoms with Gasteiger partial charge in [-0.25, -0.2) is 0 Å². The van der Waals surface area contributed by atoms with Crippen molar-refractivity contribution in [3.8, 4) is 17.2 Å². The first-order valence-electron chi connectivity index (χ1n) is 10.0. The molecule has 7 heteroatoms. The maximum Gasteiger partial charge on any atom is 0.303 e. The Kier molecular flexibility index (Phi) is 9.50. The minimum absolute atomic E-state index is 0.0762. The van der Waals surface area contributed by atoms with Gasteiger partial charge in [0.15, 0.2) is 11.5 Å². The third-order valence-electron chi connectivity index (χ3n) is 4.80. The highest BCUT2D eigenvalue weighted by Gasteiger charge is 2.16. The number of allylic oxidation sites excluding steroid dienone is 2. The predicted octanol–water partition coefficient (Wildman–Crippen LogP) is 3.73. The molecule has 160 valence electrons. The summed E-state index contributed by atoms with van der Waals surface area (Å²) >= 11 is 0. The van der Waals surface area contributed by atoms with Crippen LogP contribution in [0.1, 0.15) is 51.9 Å². The van der Waals surface area contributed by atoms with Crippen LogP contribution < -0.4 is 14.2 Å². The molecule has 0 spiro atoms. The van der Waals surface area contributed by atoms with E-state index in [9.17, 15) is 14.7 Å². The molecule has 29 heavy (non-hydrogen) atoms. The highest BCUT2D eigenvalue weighted by molar-refractivity contribution is 5.78. The second kappa shape index (κ2) is 12.1. The van der Waals surface area contributed by atoms with Crippen molar-refractivity contribution in [2.75, 3.05) is 13.4 Å². The summed E-state index contributed by atoms with van der Waals surface area (Å²) in [5.74, 6) is 1.20. The van der Waals surface area contributed by atoms with Gasteiger partial charge in [0.05, 0.1) is 6.10 Å². The minimum Gasteiger partial charge on any atom is -0.491 e. The summed E-state index contributed by atoms with van der Waals surface area (Å²) in [5, 5.41) is 18.7. The van der Waals surface area contributed by atoms with Crippen molar-refractivity contribution in [2.24, 2.45) is 5.92 Å². The predicted molar refractivity (Wildman–Crippen MR) is 107 cm³/mol. The molecule has 0 saturated carbocycles. The Morgan fingerprint density at radius 3 is 2.72 bits per heavy atom. The molecule has 7 nitrogen and oxygen atoms in total. The Labute approximate surface area is 171 Å². The van der Waals surface area contributed by atoms with Gasteiger partial charge in [0, 0.05) is 18.4 Å². The standard InChI is InChI=1S/C22H30O7/c1-16(23)17(7-4-2-3-5-10-22(25)26)8-6-9-18(24)14-27-19-11-12-20-21(13-19)29-15-28-20/h2,4,11-13,17-18,24H,3,5-10,14-15H2,1H3,(H,25,26)/b4-2-. The molecule has 2 unspecified atom stereocenters. The summed E-state index contributed by atoms with van der Waals surface area (Å²) in [6.07, 6.45) is 7.37. The van der Waals surface area contributed by atoms with Crippen molar-refractivity contribution >= 4 is 11.8 Å². The number of Topliss-reactive ketones (excluding diaryl/α,β-unsaturated/α-hetero) is 1. The topological polar surface area (TPSA) is 102 Å². The van der Waals surface area contributed by atoms with Crippen molar-refractivity contribution in [1.29, 1.82) is 0 Å². The quantitative estimate of drug-likeness (QED) is 0.358. The maximum absolute atomic E-state index is 11.8. The number of ether oxygens (including phenoxy) is 3. The largest absolute Gasteiger partial charge is 0.491 e. The third kappa shape index (κ3) is 8.56. The lowest BCUT2D eigenvalue weighted by molar-refractivity contribution is -0.137. The van der Waals surface area contributed by atoms with Crippen molar-refractivity contribution in [1.82, 2.24) is 0 Å². The zero-order chi connectivity index (χ0) is 21.1. The molecule has 1 aliphatic rings. The van der Waals surface area contributed by atoms with Crippen molar-refractivity contribution in [3.05, 3.63) is 30.4 Å². The Morgan fingerprint density at radius 1 is 1.17 bits per heavy atom. The van der Waals surface area contributed by atoms with Gasteiger partial charge >= 0.3 is 5.97 Å². The number of carbonyl (C=O) groups excluding carboxylic acids is 1. The monoisotopic (exact) mass is 406 g/mol. The summed E-state index contributed by atoms with van der Waals surface area (Å²) in [6, 6.07) is 5.29. The molecule has 0 radical (unpaired) electrons. The molecule has 1 heterocycles. The van der Waals surface area contributed by atoms with E-state index < -0.39 is 12.1 Å². The molecular weight excluding hydrogens is 376 g/mol. The van der Waals surface area contributed by atoms with Crippen LogP contribution in [0.4, 0.5) is 0 Å². The van der Waals surface area contributed by atoms with Crippen molar-refractivity contribution in [2.45, 2.75) is 58.0 Å². The van der Waals surface area contributed by atoms with Gasteiger partial charge < -0.3 is 24.4 Å². The minimum atomic E-state index is -0.791. The van der Waals surface area contributed by atoms with Gasteiger partial charge in [-0.2, -0.15) is 0 Å². The third-order valence-corrected chi connectivity index (χ3v) is 4.80. The lowest BCUT2D eigenvalue weighted by Crippen LogP contribution is -2.18. The van der Waals surface area contributed by atoms with Gasteiger partial charge in [0.25, 0.3) is 0 Å². The molecule has 1 aliphatic heterocycles. The van der Waals surface area contributed by atoms with Crippen LogP contribution in [-0.4, -0.2) is 41.5 Å². The van der Waals surface area contributed by atoms with E-state index in [2.05, 4.69) is 0 Å². The van der Waals surface area contributed by atoms with Gasteiger partial charge in [-0.1, -0.05) is 18.6 Å². The number of hydrogen-bond donors (Lipinski definition) is 2. The number of benzene rings is 1. The number of hydrogen-bond acceptors (Lipinski definition) is 6. The van der Waals surface area contributed by atoms with Crippen LogP contribution in [0.5, 0.6) is 17.2 Å². The summed E-state index contributed by atoms with van der Waals surface area (Å²) in [6.45, 7) is 1.96. The Balaban J connectivity index is 1.63. The molecule has 0 aliphatic carbocycles. The summed E-state index contributed by atoms with van der Waals surface area (Å²) in [5.41, 5.74) is 0. The number of carbonyl (C=O) groups is 2. The fourth-order valence-electron chi connectivity index (χ4n) is 3.08. The Bertz CT molecular complexity index is 698. The molecule has 2 atom stereocenters. The van der Waals surface area contributed by atoms with Crippen molar-refractivity contribution < 1.29 is 34.0 Å². The first-order valence-corrected chi connectivity index (χ1v) is 10.0. The van der Waals surface area contributed by atoms with E-state index in [1.165, 1.54) is 0 Å². The first-order chi connectivity index (χ1) is 14.0. The van der Waals surface area contributed by atoms with Gasteiger partial charge in [0.1, 0.15) is 18.1 Å². The van der Waals surface area contributed by atoms with Gasteiger partial charge in [0.2, 0.25) is 6.79 Å². The van der Waals surface area contributed by atoms with Crippen LogP contribution in [0.25, 0.3) is 0 Å². The number of unbranched alkanes of at least 4 members (excludes halogenated alkanes) is 1. The number of carboxylic acid groups (broad SMARTS) is 1. The molecule has 0 aromatic heterocycles. The Hall–Kier alpha value is -2.54. The molecular formula is C22H30O7. The van der Waals surface area contributed by atoms with Gasteiger partial charge in [-0.3, -0.25) is 9.59 Å². The molecule has 2 N–H and O–H groups in total. The number of aliphatic hydroxyl groups excluding tert-OH is 1. The van der Waals surface area contributed by atoms with Crippen LogP contribution >= 0.6 is 0 Å². The van der Waals surface area contributed by atoms with Crippen LogP contribution in [0.15, 0.2) is 30.4 Å². The number of ketones is 1. The molecule has 1 aromatic carbocycles. The first kappa shape index (κ1) is 22.7. The summed E-state index contributed by atoms with van der Waals surface area (Å²) in [4.78, 5) is 22.3. The van der Waals surface area contributed by atoms with E-state index in [1.54, 1.807) is 25.1 Å². The number of rotatable bonds is 14. The van der Waals surface area contributed by atoms with Gasteiger partial charge in [-0.05, 0) is 51.2 Å². The van der Waals surface area contributed by atoms with Crippen LogP contribution in [0.2, 0.25) is 0 Å². The molecule has 1 aromatic rings. The lowest BCUT2D eigenvalue weighted by atomic mass is 9.93. The fourth-order valence-corrected chi connectivity index (χ4v) is 3.08. The average Bonchev–Trinajstić information content (AvgIpc) is 3.15. The van der Waals surface area contributed by atoms with E-state index in [0.717, 1.165) is 6.42 Å². The summed E-state index contributed by atoms with van der Waals surface area (Å²) < 4.78 is 16.2. The smallest absolute Gasteiger partial charge is 0.303 e. The van der Waals surface area contributed by atoms with Crippen molar-refractivity contribution in [3.63, 3.8) is 0 Å². The number of aliphatic carboxylic acids is 1. The molecule has 0 saturated heterocycles. The van der Waals surface area contributed by atoms with E-state index in [0.29, 0.717) is 49.4 Å². The molecule has 2 rings (SSSR count). The second-order valence-corrected chi connectivity index (χ2v) is 7.21. The highest BCUT2D eigenvalue weighted by Crippen LogP contribution is 2.35. The SMILES string of the molecule is CC(=O)C(C/C=C\CCCC(=O)O)CCCC(O)COc1ccc2c(c1)OCO2. The average molecular weight is 406 g/mol.